The summed E-state index contributed by atoms with van der Waals surface area (Å²) in [5.41, 5.74) is 8.77. The molecule has 1 aromatic heterocycles. The normalized spacial score (nSPS) is 16.0. The van der Waals surface area contributed by atoms with Crippen molar-refractivity contribution < 1.29 is 4.42 Å². The van der Waals surface area contributed by atoms with Crippen molar-refractivity contribution in [3.8, 4) is 0 Å². The number of anilines is 1. The smallest absolute Gasteiger partial charge is 0.136 e. The number of hydrogen-bond donors (Lipinski definition) is 2. The van der Waals surface area contributed by atoms with Gasteiger partial charge in [0.2, 0.25) is 0 Å². The van der Waals surface area contributed by atoms with Gasteiger partial charge < -0.3 is 15.5 Å². The number of nitrogens with one attached hydrogen (secondary N) is 1. The Bertz CT molecular complexity index is 485. The second kappa shape index (κ2) is 3.28. The van der Waals surface area contributed by atoms with Crippen LogP contribution in [0.25, 0.3) is 11.0 Å². The number of benzene rings is 1. The minimum atomic E-state index is 0.708. The highest BCUT2D eigenvalue weighted by Gasteiger charge is 2.20. The fraction of sp³-hybridized carbons (Fsp3) is 0.333. The van der Waals surface area contributed by atoms with Crippen LogP contribution in [0.4, 0.5) is 5.69 Å². The first kappa shape index (κ1) is 8.80. The highest BCUT2D eigenvalue weighted by atomic mass is 16.3. The van der Waals surface area contributed by atoms with Crippen LogP contribution in [0, 0.1) is 0 Å². The molecule has 0 unspecified atom stereocenters. The predicted molar refractivity (Wildman–Crippen MR) is 60.5 cm³/mol. The summed E-state index contributed by atoms with van der Waals surface area (Å²) < 4.78 is 5.46. The van der Waals surface area contributed by atoms with Gasteiger partial charge in [0.25, 0.3) is 0 Å². The molecule has 78 valence electrons. The van der Waals surface area contributed by atoms with Gasteiger partial charge in [0.1, 0.15) is 5.58 Å². The third-order valence-corrected chi connectivity index (χ3v) is 2.87. The average Bonchev–Trinajstić information content (AvgIpc) is 2.96. The summed E-state index contributed by atoms with van der Waals surface area (Å²) in [5.74, 6) is 0. The lowest BCUT2D eigenvalue weighted by Crippen LogP contribution is -2.15. The molecule has 1 aliphatic carbocycles. The maximum Gasteiger partial charge on any atom is 0.136 e. The molecule has 1 heterocycles. The van der Waals surface area contributed by atoms with Crippen LogP contribution in [0.15, 0.2) is 28.9 Å². The summed E-state index contributed by atoms with van der Waals surface area (Å²) in [6.45, 7) is 0.853. The van der Waals surface area contributed by atoms with Crippen molar-refractivity contribution in [2.45, 2.75) is 25.4 Å². The van der Waals surface area contributed by atoms with E-state index in [1.54, 1.807) is 6.26 Å². The molecule has 1 aromatic carbocycles. The van der Waals surface area contributed by atoms with E-state index in [1.807, 2.05) is 18.2 Å². The molecule has 0 aliphatic heterocycles. The molecule has 0 atom stereocenters. The molecule has 0 saturated heterocycles. The number of fused-ring (bicyclic) bond motifs is 1. The molecule has 1 aliphatic rings. The van der Waals surface area contributed by atoms with E-state index in [0.717, 1.165) is 28.8 Å². The molecule has 3 rings (SSSR count). The van der Waals surface area contributed by atoms with E-state index in [2.05, 4.69) is 5.32 Å². The first-order valence-corrected chi connectivity index (χ1v) is 5.32. The largest absolute Gasteiger partial charge is 0.464 e. The van der Waals surface area contributed by atoms with Gasteiger partial charge in [-0.25, -0.2) is 0 Å². The van der Waals surface area contributed by atoms with E-state index in [9.17, 15) is 0 Å². The number of nitrogen functional groups attached to an aromatic ring is 1. The number of rotatable bonds is 3. The van der Waals surface area contributed by atoms with Crippen LogP contribution in [-0.2, 0) is 6.54 Å². The van der Waals surface area contributed by atoms with Gasteiger partial charge in [-0.3, -0.25) is 0 Å². The monoisotopic (exact) mass is 202 g/mol. The van der Waals surface area contributed by atoms with Gasteiger partial charge in [0, 0.05) is 29.2 Å². The Hall–Kier alpha value is -1.48. The molecule has 1 saturated carbocycles. The molecule has 3 heteroatoms. The van der Waals surface area contributed by atoms with E-state index in [-0.39, 0.29) is 0 Å². The van der Waals surface area contributed by atoms with Crippen molar-refractivity contribution >= 4 is 16.7 Å². The molecular weight excluding hydrogens is 188 g/mol. The molecule has 0 spiro atoms. The zero-order chi connectivity index (χ0) is 10.3. The quantitative estimate of drug-likeness (QED) is 0.751. The fourth-order valence-electron chi connectivity index (χ4n) is 1.86. The summed E-state index contributed by atoms with van der Waals surface area (Å²) in [7, 11) is 0. The minimum absolute atomic E-state index is 0.708. The standard InChI is InChI=1S/C12H14N2O/c13-10-2-1-3-11-12(10)8(7-15-11)6-14-9-4-5-9/h1-3,7,9,14H,4-6,13H2. The van der Waals surface area contributed by atoms with E-state index in [4.69, 9.17) is 10.2 Å². The summed E-state index contributed by atoms with van der Waals surface area (Å²) >= 11 is 0. The van der Waals surface area contributed by atoms with Gasteiger partial charge in [-0.15, -0.1) is 0 Å². The van der Waals surface area contributed by atoms with Gasteiger partial charge in [0.05, 0.1) is 6.26 Å². The third kappa shape index (κ3) is 1.59. The average molecular weight is 202 g/mol. The molecule has 3 N–H and O–H groups in total. The Morgan fingerprint density at radius 3 is 3.07 bits per heavy atom. The van der Waals surface area contributed by atoms with Gasteiger partial charge >= 0.3 is 0 Å². The Kier molecular flexibility index (Phi) is 1.92. The Morgan fingerprint density at radius 2 is 2.27 bits per heavy atom. The first-order chi connectivity index (χ1) is 7.34. The zero-order valence-corrected chi connectivity index (χ0v) is 8.49. The van der Waals surface area contributed by atoms with Crippen molar-refractivity contribution in [1.29, 1.82) is 0 Å². The predicted octanol–water partition coefficient (Wildman–Crippen LogP) is 2.27. The van der Waals surface area contributed by atoms with Crippen LogP contribution in [-0.4, -0.2) is 6.04 Å². The van der Waals surface area contributed by atoms with Gasteiger partial charge in [-0.1, -0.05) is 6.07 Å². The van der Waals surface area contributed by atoms with Crippen molar-refractivity contribution in [3.63, 3.8) is 0 Å². The lowest BCUT2D eigenvalue weighted by atomic mass is 10.1. The van der Waals surface area contributed by atoms with E-state index in [0.29, 0.717) is 6.04 Å². The molecule has 0 radical (unpaired) electrons. The number of furan rings is 1. The van der Waals surface area contributed by atoms with Crippen LogP contribution in [0.1, 0.15) is 18.4 Å². The second-order valence-corrected chi connectivity index (χ2v) is 4.14. The van der Waals surface area contributed by atoms with E-state index < -0.39 is 0 Å². The van der Waals surface area contributed by atoms with Gasteiger partial charge in [-0.2, -0.15) is 0 Å². The van der Waals surface area contributed by atoms with Crippen LogP contribution >= 0.6 is 0 Å². The molecule has 15 heavy (non-hydrogen) atoms. The molecule has 3 nitrogen and oxygen atoms in total. The van der Waals surface area contributed by atoms with E-state index >= 15 is 0 Å². The summed E-state index contributed by atoms with van der Waals surface area (Å²) in [6.07, 6.45) is 4.40. The van der Waals surface area contributed by atoms with Gasteiger partial charge in [0.15, 0.2) is 0 Å². The van der Waals surface area contributed by atoms with Gasteiger partial charge in [-0.05, 0) is 25.0 Å². The molecule has 2 aromatic rings. The molecule has 0 bridgehead atoms. The van der Waals surface area contributed by atoms with Crippen molar-refractivity contribution in [2.24, 2.45) is 0 Å². The number of nitrogens with two attached hydrogens (primary N) is 1. The van der Waals surface area contributed by atoms with Crippen molar-refractivity contribution in [1.82, 2.24) is 5.32 Å². The minimum Gasteiger partial charge on any atom is -0.464 e. The lowest BCUT2D eigenvalue weighted by molar-refractivity contribution is 0.601. The Balaban J connectivity index is 1.94. The number of hydrogen-bond acceptors (Lipinski definition) is 3. The van der Waals surface area contributed by atoms with Crippen LogP contribution in [0.5, 0.6) is 0 Å². The lowest BCUT2D eigenvalue weighted by Gasteiger charge is -2.01. The molecule has 1 fully saturated rings. The highest BCUT2D eigenvalue weighted by molar-refractivity contribution is 5.92. The maximum atomic E-state index is 5.94. The third-order valence-electron chi connectivity index (χ3n) is 2.87. The van der Waals surface area contributed by atoms with E-state index in [1.165, 1.54) is 12.8 Å². The van der Waals surface area contributed by atoms with Crippen LogP contribution < -0.4 is 11.1 Å². The van der Waals surface area contributed by atoms with Crippen molar-refractivity contribution in [3.05, 3.63) is 30.0 Å². The highest BCUT2D eigenvalue weighted by Crippen LogP contribution is 2.27. The first-order valence-electron chi connectivity index (χ1n) is 5.32. The maximum absolute atomic E-state index is 5.94. The second-order valence-electron chi connectivity index (χ2n) is 4.14. The zero-order valence-electron chi connectivity index (χ0n) is 8.49. The summed E-state index contributed by atoms with van der Waals surface area (Å²) in [5, 5.41) is 4.52. The summed E-state index contributed by atoms with van der Waals surface area (Å²) in [4.78, 5) is 0. The Morgan fingerprint density at radius 1 is 1.40 bits per heavy atom. The van der Waals surface area contributed by atoms with Crippen LogP contribution in [0.2, 0.25) is 0 Å². The molecule has 0 amide bonds. The SMILES string of the molecule is Nc1cccc2occ(CNC3CC3)c12. The topological polar surface area (TPSA) is 51.2 Å². The fourth-order valence-corrected chi connectivity index (χ4v) is 1.86. The molecular formula is C12H14N2O. The Labute approximate surface area is 88.3 Å². The van der Waals surface area contributed by atoms with Crippen LogP contribution in [0.3, 0.4) is 0 Å². The summed E-state index contributed by atoms with van der Waals surface area (Å²) in [6, 6.07) is 6.49. The van der Waals surface area contributed by atoms with Crippen molar-refractivity contribution in [2.75, 3.05) is 5.73 Å².